The van der Waals surface area contributed by atoms with E-state index in [1.807, 2.05) is 0 Å². The van der Waals surface area contributed by atoms with E-state index < -0.39 is 0 Å². The molecule has 4 heteroatoms. The van der Waals surface area contributed by atoms with Crippen molar-refractivity contribution in [3.05, 3.63) is 0 Å². The maximum atomic E-state index is 5.27. The molecule has 1 fully saturated rings. The number of nitrogens with one attached hydrogen (secondary N) is 1. The van der Waals surface area contributed by atoms with Gasteiger partial charge in [-0.3, -0.25) is 4.90 Å². The molecular weight excluding hydrogens is 264 g/mol. The van der Waals surface area contributed by atoms with Gasteiger partial charge in [0.2, 0.25) is 0 Å². The van der Waals surface area contributed by atoms with Crippen molar-refractivity contribution in [2.24, 2.45) is 11.3 Å². The largest absolute Gasteiger partial charge is 0.383 e. The van der Waals surface area contributed by atoms with Gasteiger partial charge in [-0.15, -0.1) is 0 Å². The van der Waals surface area contributed by atoms with E-state index in [1.54, 1.807) is 14.2 Å². The lowest BCUT2D eigenvalue weighted by atomic mass is 9.70. The van der Waals surface area contributed by atoms with Crippen LogP contribution in [0.4, 0.5) is 0 Å². The minimum atomic E-state index is 0.435. The molecule has 1 aliphatic rings. The normalized spacial score (nSPS) is 26.4. The average molecular weight is 300 g/mol. The first-order valence-electron chi connectivity index (χ1n) is 8.56. The smallest absolute Gasteiger partial charge is 0.0589 e. The molecule has 4 nitrogen and oxygen atoms in total. The Kier molecular flexibility index (Phi) is 9.49. The zero-order valence-corrected chi connectivity index (χ0v) is 14.6. The summed E-state index contributed by atoms with van der Waals surface area (Å²) >= 11 is 0. The molecule has 126 valence electrons. The van der Waals surface area contributed by atoms with Gasteiger partial charge in [-0.25, -0.2) is 0 Å². The van der Waals surface area contributed by atoms with Crippen LogP contribution < -0.4 is 5.32 Å². The molecule has 21 heavy (non-hydrogen) atoms. The molecule has 0 aromatic heterocycles. The first-order valence-corrected chi connectivity index (χ1v) is 8.56. The number of rotatable bonds is 11. The summed E-state index contributed by atoms with van der Waals surface area (Å²) in [5.41, 5.74) is 0.435. The summed E-state index contributed by atoms with van der Waals surface area (Å²) in [6, 6.07) is 0. The molecule has 0 heterocycles. The van der Waals surface area contributed by atoms with E-state index in [2.05, 4.69) is 24.1 Å². The Balaban J connectivity index is 2.61. The third-order valence-electron chi connectivity index (χ3n) is 4.87. The third kappa shape index (κ3) is 7.09. The van der Waals surface area contributed by atoms with Crippen LogP contribution in [0.25, 0.3) is 0 Å². The zero-order chi connectivity index (χ0) is 15.6. The molecule has 0 bridgehead atoms. The van der Waals surface area contributed by atoms with E-state index in [-0.39, 0.29) is 0 Å². The Morgan fingerprint density at radius 2 is 1.67 bits per heavy atom. The van der Waals surface area contributed by atoms with Gasteiger partial charge in [0.25, 0.3) is 0 Å². The Morgan fingerprint density at radius 3 is 2.14 bits per heavy atom. The van der Waals surface area contributed by atoms with Gasteiger partial charge in [0.05, 0.1) is 13.2 Å². The highest BCUT2D eigenvalue weighted by Crippen LogP contribution is 2.39. The lowest BCUT2D eigenvalue weighted by molar-refractivity contribution is 0.0528. The summed E-state index contributed by atoms with van der Waals surface area (Å²) in [6.07, 6.45) is 5.43. The van der Waals surface area contributed by atoms with Crippen LogP contribution in [0.5, 0.6) is 0 Å². The van der Waals surface area contributed by atoms with Crippen molar-refractivity contribution in [1.82, 2.24) is 10.2 Å². The van der Waals surface area contributed by atoms with Crippen molar-refractivity contribution in [2.45, 2.75) is 39.5 Å². The molecule has 1 rings (SSSR count). The fourth-order valence-corrected chi connectivity index (χ4v) is 3.34. The monoisotopic (exact) mass is 300 g/mol. The molecule has 1 aliphatic carbocycles. The van der Waals surface area contributed by atoms with E-state index >= 15 is 0 Å². The van der Waals surface area contributed by atoms with E-state index in [4.69, 9.17) is 9.47 Å². The predicted molar refractivity (Wildman–Crippen MR) is 88.8 cm³/mol. The molecule has 0 atom stereocenters. The van der Waals surface area contributed by atoms with Gasteiger partial charge in [-0.1, -0.05) is 26.7 Å². The fourth-order valence-electron chi connectivity index (χ4n) is 3.34. The van der Waals surface area contributed by atoms with Gasteiger partial charge < -0.3 is 14.8 Å². The van der Waals surface area contributed by atoms with Crippen molar-refractivity contribution >= 4 is 0 Å². The molecule has 1 saturated carbocycles. The van der Waals surface area contributed by atoms with Crippen LogP contribution in [0.1, 0.15) is 39.5 Å². The number of hydrogen-bond donors (Lipinski definition) is 1. The Hall–Kier alpha value is -0.160. The van der Waals surface area contributed by atoms with Gasteiger partial charge in [0, 0.05) is 40.4 Å². The summed E-state index contributed by atoms with van der Waals surface area (Å²) in [4.78, 5) is 2.53. The molecule has 0 aromatic carbocycles. The first-order chi connectivity index (χ1) is 10.2. The molecule has 0 amide bonds. The van der Waals surface area contributed by atoms with Crippen molar-refractivity contribution in [1.29, 1.82) is 0 Å². The Labute approximate surface area is 131 Å². The van der Waals surface area contributed by atoms with Crippen LogP contribution in [0, 0.1) is 11.3 Å². The minimum absolute atomic E-state index is 0.435. The highest BCUT2D eigenvalue weighted by atomic mass is 16.5. The van der Waals surface area contributed by atoms with Gasteiger partial charge >= 0.3 is 0 Å². The van der Waals surface area contributed by atoms with Crippen LogP contribution in [0.3, 0.4) is 0 Å². The number of nitrogens with zero attached hydrogens (tertiary/aromatic N) is 1. The van der Waals surface area contributed by atoms with Gasteiger partial charge in [-0.2, -0.15) is 0 Å². The third-order valence-corrected chi connectivity index (χ3v) is 4.87. The first kappa shape index (κ1) is 18.9. The maximum absolute atomic E-state index is 5.27. The van der Waals surface area contributed by atoms with E-state index in [0.717, 1.165) is 45.3 Å². The molecule has 0 radical (unpaired) electrons. The molecule has 0 unspecified atom stereocenters. The van der Waals surface area contributed by atoms with Gasteiger partial charge in [0.1, 0.15) is 0 Å². The van der Waals surface area contributed by atoms with Crippen molar-refractivity contribution in [3.8, 4) is 0 Å². The predicted octanol–water partition coefficient (Wildman–Crippen LogP) is 2.39. The number of hydrogen-bond acceptors (Lipinski definition) is 4. The lowest BCUT2D eigenvalue weighted by Crippen LogP contribution is -2.47. The van der Waals surface area contributed by atoms with E-state index in [9.17, 15) is 0 Å². The van der Waals surface area contributed by atoms with Gasteiger partial charge in [-0.05, 0) is 30.7 Å². The Morgan fingerprint density at radius 1 is 1.10 bits per heavy atom. The summed E-state index contributed by atoms with van der Waals surface area (Å²) in [7, 11) is 3.57. The highest BCUT2D eigenvalue weighted by molar-refractivity contribution is 4.89. The fraction of sp³-hybridized carbons (Fsp3) is 1.00. The second-order valence-corrected chi connectivity index (χ2v) is 6.72. The summed E-state index contributed by atoms with van der Waals surface area (Å²) in [5.74, 6) is 0.895. The topological polar surface area (TPSA) is 33.7 Å². The Bertz CT molecular complexity index is 240. The zero-order valence-electron chi connectivity index (χ0n) is 14.6. The molecule has 0 aromatic rings. The quantitative estimate of drug-likeness (QED) is 0.635. The minimum Gasteiger partial charge on any atom is -0.383 e. The maximum Gasteiger partial charge on any atom is 0.0589 e. The second kappa shape index (κ2) is 10.5. The summed E-state index contributed by atoms with van der Waals surface area (Å²) < 4.78 is 10.5. The van der Waals surface area contributed by atoms with Crippen LogP contribution >= 0.6 is 0 Å². The van der Waals surface area contributed by atoms with E-state index in [0.29, 0.717) is 5.41 Å². The molecular formula is C17H36N2O2. The highest BCUT2D eigenvalue weighted by Gasteiger charge is 2.35. The number of ether oxygens (including phenoxy) is 2. The molecule has 0 spiro atoms. The van der Waals surface area contributed by atoms with Crippen LogP contribution in [-0.2, 0) is 9.47 Å². The van der Waals surface area contributed by atoms with Crippen LogP contribution in [-0.4, -0.2) is 65.1 Å². The van der Waals surface area contributed by atoms with E-state index in [1.165, 1.54) is 32.2 Å². The van der Waals surface area contributed by atoms with Crippen LogP contribution in [0.15, 0.2) is 0 Å². The lowest BCUT2D eigenvalue weighted by Gasteiger charge is -2.43. The second-order valence-electron chi connectivity index (χ2n) is 6.72. The number of methoxy groups -OCH3 is 2. The summed E-state index contributed by atoms with van der Waals surface area (Å²) in [6.45, 7) is 11.6. The average Bonchev–Trinajstić information content (AvgIpc) is 2.51. The van der Waals surface area contributed by atoms with Gasteiger partial charge in [0.15, 0.2) is 0 Å². The standard InChI is InChI=1S/C17H36N2O2/c1-5-18-14-17(8-6-16(2)7-9-17)15-19(10-12-20-3)11-13-21-4/h16,18H,5-15H2,1-4H3. The van der Waals surface area contributed by atoms with Crippen molar-refractivity contribution in [3.63, 3.8) is 0 Å². The van der Waals surface area contributed by atoms with Crippen molar-refractivity contribution < 1.29 is 9.47 Å². The molecule has 0 aliphatic heterocycles. The molecule has 0 saturated heterocycles. The van der Waals surface area contributed by atoms with Crippen molar-refractivity contribution in [2.75, 3.05) is 60.2 Å². The molecule has 1 N–H and O–H groups in total. The summed E-state index contributed by atoms with van der Waals surface area (Å²) in [5, 5.41) is 3.60. The SMILES string of the molecule is CCNCC1(CN(CCOC)CCOC)CCC(C)CC1. The van der Waals surface area contributed by atoms with Crippen LogP contribution in [0.2, 0.25) is 0 Å².